The first-order chi connectivity index (χ1) is 6.04. The van der Waals surface area contributed by atoms with E-state index in [1.807, 2.05) is 20.9 Å². The van der Waals surface area contributed by atoms with Crippen molar-refractivity contribution < 1.29 is 4.74 Å². The van der Waals surface area contributed by atoms with Gasteiger partial charge in [-0.3, -0.25) is 4.90 Å². The molecular weight excluding hydrogens is 162 g/mol. The van der Waals surface area contributed by atoms with Crippen LogP contribution in [0.2, 0.25) is 0 Å². The van der Waals surface area contributed by atoms with Gasteiger partial charge in [0.25, 0.3) is 0 Å². The van der Waals surface area contributed by atoms with Crippen LogP contribution in [0.3, 0.4) is 0 Å². The zero-order valence-corrected chi connectivity index (χ0v) is 8.84. The summed E-state index contributed by atoms with van der Waals surface area (Å²) in [5.74, 6) is 2.73. The summed E-state index contributed by atoms with van der Waals surface area (Å²) >= 11 is 0. The Bertz CT molecular complexity index is 191. The van der Waals surface area contributed by atoms with Crippen LogP contribution in [0.1, 0.15) is 13.8 Å². The molecule has 0 saturated heterocycles. The van der Waals surface area contributed by atoms with E-state index in [4.69, 9.17) is 11.2 Å². The summed E-state index contributed by atoms with van der Waals surface area (Å²) < 4.78 is 5.26. The van der Waals surface area contributed by atoms with E-state index < -0.39 is 0 Å². The quantitative estimate of drug-likeness (QED) is 0.350. The minimum atomic E-state index is -0.197. The molecule has 74 valence electrons. The first kappa shape index (κ1) is 12.2. The monoisotopic (exact) mass is 181 g/mol. The average Bonchev–Trinajstić information content (AvgIpc) is 2.12. The molecule has 0 bridgehead atoms. The van der Waals surface area contributed by atoms with Gasteiger partial charge in [-0.1, -0.05) is 12.0 Å². The third-order valence-corrected chi connectivity index (χ3v) is 2.11. The van der Waals surface area contributed by atoms with Gasteiger partial charge < -0.3 is 4.74 Å². The lowest BCUT2D eigenvalue weighted by Crippen LogP contribution is -2.41. The van der Waals surface area contributed by atoms with Crippen molar-refractivity contribution in [2.45, 2.75) is 19.4 Å². The molecule has 13 heavy (non-hydrogen) atoms. The van der Waals surface area contributed by atoms with Gasteiger partial charge in [-0.15, -0.1) is 13.0 Å². The summed E-state index contributed by atoms with van der Waals surface area (Å²) in [6.45, 7) is 9.73. The predicted molar refractivity (Wildman–Crippen MR) is 56.6 cm³/mol. The van der Waals surface area contributed by atoms with Gasteiger partial charge in [-0.05, 0) is 20.9 Å². The molecule has 0 aromatic heterocycles. The van der Waals surface area contributed by atoms with Crippen LogP contribution in [-0.4, -0.2) is 37.2 Å². The first-order valence-corrected chi connectivity index (χ1v) is 4.42. The topological polar surface area (TPSA) is 12.5 Å². The van der Waals surface area contributed by atoms with Crippen LogP contribution >= 0.6 is 0 Å². The maximum absolute atomic E-state index is 5.39. The van der Waals surface area contributed by atoms with Crippen LogP contribution in [0, 0.1) is 12.3 Å². The molecule has 0 saturated carbocycles. The molecule has 0 spiro atoms. The highest BCUT2D eigenvalue weighted by molar-refractivity contribution is 5.07. The maximum atomic E-state index is 5.39. The smallest absolute Gasteiger partial charge is 0.0764 e. The zero-order chi connectivity index (χ0) is 10.3. The van der Waals surface area contributed by atoms with Gasteiger partial charge in [0.05, 0.1) is 18.8 Å². The molecular formula is C11H19NO. The highest BCUT2D eigenvalue weighted by atomic mass is 16.5. The second-order valence-electron chi connectivity index (χ2n) is 3.49. The van der Waals surface area contributed by atoms with Crippen molar-refractivity contribution >= 4 is 0 Å². The molecule has 2 heteroatoms. The average molecular weight is 181 g/mol. The molecule has 0 aliphatic rings. The molecule has 0 fully saturated rings. The van der Waals surface area contributed by atoms with E-state index in [0.717, 1.165) is 6.54 Å². The molecule has 0 aliphatic carbocycles. The van der Waals surface area contributed by atoms with E-state index in [1.165, 1.54) is 0 Å². The number of likely N-dealkylation sites (N-methyl/N-ethyl adjacent to an activating group) is 1. The van der Waals surface area contributed by atoms with Gasteiger partial charge in [0.1, 0.15) is 0 Å². The summed E-state index contributed by atoms with van der Waals surface area (Å²) in [5, 5.41) is 0. The lowest BCUT2D eigenvalue weighted by molar-refractivity contribution is 0.108. The van der Waals surface area contributed by atoms with E-state index in [2.05, 4.69) is 17.4 Å². The van der Waals surface area contributed by atoms with Crippen molar-refractivity contribution in [2.24, 2.45) is 0 Å². The fourth-order valence-electron chi connectivity index (χ4n) is 0.758. The Morgan fingerprint density at radius 2 is 2.23 bits per heavy atom. The maximum Gasteiger partial charge on any atom is 0.0764 e. The van der Waals surface area contributed by atoms with Crippen molar-refractivity contribution in [2.75, 3.05) is 26.8 Å². The molecule has 0 heterocycles. The second-order valence-corrected chi connectivity index (χ2v) is 3.49. The Morgan fingerprint density at radius 1 is 1.62 bits per heavy atom. The first-order valence-electron chi connectivity index (χ1n) is 4.42. The highest BCUT2D eigenvalue weighted by Crippen LogP contribution is 2.09. The molecule has 0 amide bonds. The third kappa shape index (κ3) is 4.72. The number of ether oxygens (including phenoxy) is 1. The standard InChI is InChI=1S/C11H19NO/c1-6-9-13-10-8-12(5)11(3,4)7-2/h2,6H,1,8-10H2,3-5H3. The summed E-state index contributed by atoms with van der Waals surface area (Å²) in [4.78, 5) is 2.09. The van der Waals surface area contributed by atoms with Gasteiger partial charge in [0.2, 0.25) is 0 Å². The Morgan fingerprint density at radius 3 is 2.69 bits per heavy atom. The van der Waals surface area contributed by atoms with Crippen LogP contribution < -0.4 is 0 Å². The van der Waals surface area contributed by atoms with Crippen LogP contribution in [0.25, 0.3) is 0 Å². The van der Waals surface area contributed by atoms with E-state index in [9.17, 15) is 0 Å². The summed E-state index contributed by atoms with van der Waals surface area (Å²) in [7, 11) is 2.00. The lowest BCUT2D eigenvalue weighted by atomic mass is 10.1. The van der Waals surface area contributed by atoms with Crippen LogP contribution in [0.4, 0.5) is 0 Å². The molecule has 0 aliphatic heterocycles. The number of nitrogens with zero attached hydrogens (tertiary/aromatic N) is 1. The number of hydrogen-bond acceptors (Lipinski definition) is 2. The normalized spacial score (nSPS) is 11.3. The fourth-order valence-corrected chi connectivity index (χ4v) is 0.758. The molecule has 2 nitrogen and oxygen atoms in total. The van der Waals surface area contributed by atoms with Gasteiger partial charge in [-0.2, -0.15) is 0 Å². The van der Waals surface area contributed by atoms with E-state index in [1.54, 1.807) is 6.08 Å². The third-order valence-electron chi connectivity index (χ3n) is 2.11. The Balaban J connectivity index is 3.69. The minimum Gasteiger partial charge on any atom is -0.376 e. The van der Waals surface area contributed by atoms with Crippen LogP contribution in [-0.2, 0) is 4.74 Å². The largest absolute Gasteiger partial charge is 0.376 e. The summed E-state index contributed by atoms with van der Waals surface area (Å²) in [6, 6.07) is 0. The predicted octanol–water partition coefficient (Wildman–Crippen LogP) is 1.53. The number of hydrogen-bond donors (Lipinski definition) is 0. The summed E-state index contributed by atoms with van der Waals surface area (Å²) in [6.07, 6.45) is 7.13. The minimum absolute atomic E-state index is 0.197. The van der Waals surface area contributed by atoms with E-state index in [0.29, 0.717) is 13.2 Å². The highest BCUT2D eigenvalue weighted by Gasteiger charge is 2.19. The number of terminal acetylenes is 1. The molecule has 0 aromatic carbocycles. The Hall–Kier alpha value is -0.780. The van der Waals surface area contributed by atoms with Gasteiger partial charge >= 0.3 is 0 Å². The number of rotatable bonds is 6. The van der Waals surface area contributed by atoms with E-state index in [-0.39, 0.29) is 5.54 Å². The fraction of sp³-hybridized carbons (Fsp3) is 0.636. The Kier molecular flexibility index (Phi) is 5.45. The van der Waals surface area contributed by atoms with Gasteiger partial charge in [0, 0.05) is 6.54 Å². The molecule has 0 radical (unpaired) electrons. The van der Waals surface area contributed by atoms with Crippen molar-refractivity contribution in [3.8, 4) is 12.3 Å². The molecule has 0 N–H and O–H groups in total. The lowest BCUT2D eigenvalue weighted by Gasteiger charge is -2.30. The van der Waals surface area contributed by atoms with E-state index >= 15 is 0 Å². The van der Waals surface area contributed by atoms with Crippen molar-refractivity contribution in [3.63, 3.8) is 0 Å². The van der Waals surface area contributed by atoms with Crippen LogP contribution in [0.5, 0.6) is 0 Å². The van der Waals surface area contributed by atoms with Crippen molar-refractivity contribution in [1.29, 1.82) is 0 Å². The zero-order valence-electron chi connectivity index (χ0n) is 8.84. The Labute approximate surface area is 81.6 Å². The van der Waals surface area contributed by atoms with Crippen LogP contribution in [0.15, 0.2) is 12.7 Å². The van der Waals surface area contributed by atoms with Crippen molar-refractivity contribution in [1.82, 2.24) is 4.90 Å². The molecule has 0 rings (SSSR count). The van der Waals surface area contributed by atoms with Crippen molar-refractivity contribution in [3.05, 3.63) is 12.7 Å². The molecule has 0 unspecified atom stereocenters. The van der Waals surface area contributed by atoms with Gasteiger partial charge in [-0.25, -0.2) is 0 Å². The second kappa shape index (κ2) is 5.80. The molecule has 0 atom stereocenters. The SMILES string of the molecule is C#CC(C)(C)N(C)CCOCC=C. The van der Waals surface area contributed by atoms with Gasteiger partial charge in [0.15, 0.2) is 0 Å². The molecule has 0 aromatic rings. The summed E-state index contributed by atoms with van der Waals surface area (Å²) in [5.41, 5.74) is -0.197.